The molecule has 1 fully saturated rings. The first-order valence-electron chi connectivity index (χ1n) is 8.99. The fourth-order valence-electron chi connectivity index (χ4n) is 3.21. The summed E-state index contributed by atoms with van der Waals surface area (Å²) in [4.78, 5) is 14.7. The van der Waals surface area contributed by atoms with Gasteiger partial charge in [0.1, 0.15) is 0 Å². The lowest BCUT2D eigenvalue weighted by Crippen LogP contribution is -2.47. The maximum atomic E-state index is 12.9. The first kappa shape index (κ1) is 21.1. The zero-order chi connectivity index (χ0) is 20.3. The highest BCUT2D eigenvalue weighted by Gasteiger charge is 2.36. The number of benzene rings is 1. The number of carbonyl (C=O) groups is 1. The van der Waals surface area contributed by atoms with Gasteiger partial charge in [-0.3, -0.25) is 4.79 Å². The van der Waals surface area contributed by atoms with Gasteiger partial charge in [-0.05, 0) is 54.5 Å². The third kappa shape index (κ3) is 4.84. The molecule has 1 saturated heterocycles. The van der Waals surface area contributed by atoms with Gasteiger partial charge in [0.2, 0.25) is 11.1 Å². The van der Waals surface area contributed by atoms with E-state index in [0.29, 0.717) is 16.6 Å². The number of rotatable bonds is 7. The maximum Gasteiger partial charge on any atom is 0.233 e. The van der Waals surface area contributed by atoms with Crippen LogP contribution in [0, 0.1) is 0 Å². The Hall–Kier alpha value is -1.65. The van der Waals surface area contributed by atoms with Crippen molar-refractivity contribution in [1.82, 2.24) is 25.1 Å². The Kier molecular flexibility index (Phi) is 6.61. The highest BCUT2D eigenvalue weighted by Crippen LogP contribution is 2.25. The molecule has 8 nitrogen and oxygen atoms in total. The SMILES string of the molecule is CCC(C)N(C(=O)CSc1nnnn1-c1ccc(Cl)cc1)C1CCS(=O)(=O)C1. The zero-order valence-electron chi connectivity index (χ0n) is 15.7. The maximum absolute atomic E-state index is 12.9. The number of carbonyl (C=O) groups excluding carboxylic acids is 1. The fraction of sp³-hybridized carbons (Fsp3) is 0.529. The quantitative estimate of drug-likeness (QED) is 0.605. The molecule has 2 unspecified atom stereocenters. The summed E-state index contributed by atoms with van der Waals surface area (Å²) in [6, 6.07) is 6.77. The number of hydrogen-bond acceptors (Lipinski definition) is 7. The molecule has 0 bridgehead atoms. The van der Waals surface area contributed by atoms with E-state index < -0.39 is 9.84 Å². The van der Waals surface area contributed by atoms with E-state index in [1.165, 1.54) is 11.8 Å². The highest BCUT2D eigenvalue weighted by molar-refractivity contribution is 7.99. The van der Waals surface area contributed by atoms with E-state index in [-0.39, 0.29) is 35.2 Å². The van der Waals surface area contributed by atoms with Crippen LogP contribution in [-0.4, -0.2) is 68.8 Å². The zero-order valence-corrected chi connectivity index (χ0v) is 18.0. The number of aromatic nitrogens is 4. The number of thioether (sulfide) groups is 1. The van der Waals surface area contributed by atoms with Crippen LogP contribution in [-0.2, 0) is 14.6 Å². The molecule has 1 aromatic carbocycles. The van der Waals surface area contributed by atoms with Gasteiger partial charge in [0.15, 0.2) is 9.84 Å². The second-order valence-electron chi connectivity index (χ2n) is 6.75. The van der Waals surface area contributed by atoms with Crippen molar-refractivity contribution in [1.29, 1.82) is 0 Å². The van der Waals surface area contributed by atoms with Crippen molar-refractivity contribution >= 4 is 39.1 Å². The summed E-state index contributed by atoms with van der Waals surface area (Å²) in [5.74, 6) is 0.206. The molecule has 3 rings (SSSR count). The van der Waals surface area contributed by atoms with Crippen molar-refractivity contribution in [2.45, 2.75) is 43.9 Å². The average molecular weight is 444 g/mol. The van der Waals surface area contributed by atoms with Crippen LogP contribution >= 0.6 is 23.4 Å². The number of tetrazole rings is 1. The standard InChI is InChI=1S/C17H22ClN5O3S2/c1-3-12(2)22(15-8-9-28(25,26)11-15)16(24)10-27-17-19-20-21-23(17)14-6-4-13(18)5-7-14/h4-7,12,15H,3,8-11H2,1-2H3. The lowest BCUT2D eigenvalue weighted by Gasteiger charge is -2.33. The lowest BCUT2D eigenvalue weighted by molar-refractivity contribution is -0.132. The van der Waals surface area contributed by atoms with Crippen LogP contribution in [0.2, 0.25) is 5.02 Å². The summed E-state index contributed by atoms with van der Waals surface area (Å²) in [5, 5.41) is 12.8. The molecule has 2 atom stereocenters. The van der Waals surface area contributed by atoms with Gasteiger partial charge in [-0.1, -0.05) is 30.3 Å². The number of sulfone groups is 1. The van der Waals surface area contributed by atoms with Crippen molar-refractivity contribution in [2.24, 2.45) is 0 Å². The molecular weight excluding hydrogens is 422 g/mol. The minimum absolute atomic E-state index is 0.0290. The van der Waals surface area contributed by atoms with E-state index in [4.69, 9.17) is 11.6 Å². The molecular formula is C17H22ClN5O3S2. The third-order valence-electron chi connectivity index (χ3n) is 4.79. The van der Waals surface area contributed by atoms with Gasteiger partial charge in [0, 0.05) is 17.1 Å². The van der Waals surface area contributed by atoms with Crippen molar-refractivity contribution < 1.29 is 13.2 Å². The molecule has 152 valence electrons. The molecule has 11 heteroatoms. The third-order valence-corrected chi connectivity index (χ3v) is 7.70. The molecule has 0 radical (unpaired) electrons. The van der Waals surface area contributed by atoms with E-state index >= 15 is 0 Å². The second-order valence-corrected chi connectivity index (χ2v) is 10.4. The molecule has 0 N–H and O–H groups in total. The van der Waals surface area contributed by atoms with Crippen LogP contribution in [0.25, 0.3) is 5.69 Å². The molecule has 1 amide bonds. The predicted octanol–water partition coefficient (Wildman–Crippen LogP) is 2.22. The van der Waals surface area contributed by atoms with Crippen molar-refractivity contribution in [2.75, 3.05) is 17.3 Å². The molecule has 0 saturated carbocycles. The second kappa shape index (κ2) is 8.79. The van der Waals surface area contributed by atoms with Crippen LogP contribution in [0.15, 0.2) is 29.4 Å². The van der Waals surface area contributed by atoms with Gasteiger partial charge < -0.3 is 4.90 Å². The smallest absolute Gasteiger partial charge is 0.233 e. The first-order chi connectivity index (χ1) is 13.3. The predicted molar refractivity (Wildman–Crippen MR) is 109 cm³/mol. The summed E-state index contributed by atoms with van der Waals surface area (Å²) in [6.07, 6.45) is 1.25. The minimum Gasteiger partial charge on any atom is -0.335 e. The largest absolute Gasteiger partial charge is 0.335 e. The Morgan fingerprint density at radius 1 is 1.39 bits per heavy atom. The molecule has 28 heavy (non-hydrogen) atoms. The average Bonchev–Trinajstić information content (AvgIpc) is 3.27. The molecule has 0 spiro atoms. The normalized spacial score (nSPS) is 19.5. The van der Waals surface area contributed by atoms with E-state index in [9.17, 15) is 13.2 Å². The van der Waals surface area contributed by atoms with Crippen molar-refractivity contribution in [3.05, 3.63) is 29.3 Å². The van der Waals surface area contributed by atoms with Gasteiger partial charge in [-0.15, -0.1) is 5.10 Å². The number of amides is 1. The highest BCUT2D eigenvalue weighted by atomic mass is 35.5. The van der Waals surface area contributed by atoms with Crippen LogP contribution in [0.1, 0.15) is 26.7 Å². The van der Waals surface area contributed by atoms with Gasteiger partial charge >= 0.3 is 0 Å². The Balaban J connectivity index is 1.72. The lowest BCUT2D eigenvalue weighted by atomic mass is 10.1. The van der Waals surface area contributed by atoms with Crippen LogP contribution in [0.5, 0.6) is 0 Å². The molecule has 1 aromatic heterocycles. The Morgan fingerprint density at radius 2 is 2.11 bits per heavy atom. The summed E-state index contributed by atoms with van der Waals surface area (Å²) >= 11 is 7.15. The molecule has 1 aliphatic rings. The summed E-state index contributed by atoms with van der Waals surface area (Å²) in [5.41, 5.74) is 0.741. The van der Waals surface area contributed by atoms with Gasteiger partial charge in [-0.25, -0.2) is 8.42 Å². The Morgan fingerprint density at radius 3 is 2.71 bits per heavy atom. The minimum atomic E-state index is -3.07. The van der Waals surface area contributed by atoms with Crippen molar-refractivity contribution in [3.8, 4) is 5.69 Å². The Bertz CT molecular complexity index is 933. The monoisotopic (exact) mass is 443 g/mol. The fourth-order valence-corrected chi connectivity index (χ4v) is 5.81. The number of hydrogen-bond donors (Lipinski definition) is 0. The molecule has 1 aliphatic heterocycles. The molecule has 0 aliphatic carbocycles. The molecule has 2 aromatic rings. The van der Waals surface area contributed by atoms with Crippen molar-refractivity contribution in [3.63, 3.8) is 0 Å². The number of halogens is 1. The van der Waals surface area contributed by atoms with Gasteiger partial charge in [0.05, 0.1) is 22.9 Å². The van der Waals surface area contributed by atoms with Crippen LogP contribution in [0.4, 0.5) is 0 Å². The topological polar surface area (TPSA) is 98.1 Å². The number of nitrogens with zero attached hydrogens (tertiary/aromatic N) is 5. The molecule has 2 heterocycles. The van der Waals surface area contributed by atoms with E-state index in [1.54, 1.807) is 33.8 Å². The van der Waals surface area contributed by atoms with E-state index in [2.05, 4.69) is 15.5 Å². The first-order valence-corrected chi connectivity index (χ1v) is 12.2. The van der Waals surface area contributed by atoms with Crippen LogP contribution in [0.3, 0.4) is 0 Å². The van der Waals surface area contributed by atoms with Gasteiger partial charge in [-0.2, -0.15) is 4.68 Å². The Labute approximate surface area is 173 Å². The van der Waals surface area contributed by atoms with E-state index in [0.717, 1.165) is 12.1 Å². The van der Waals surface area contributed by atoms with Crippen LogP contribution < -0.4 is 0 Å². The van der Waals surface area contributed by atoms with E-state index in [1.807, 2.05) is 13.8 Å². The summed E-state index contributed by atoms with van der Waals surface area (Å²) in [6.45, 7) is 3.94. The summed E-state index contributed by atoms with van der Waals surface area (Å²) in [7, 11) is -3.07. The summed E-state index contributed by atoms with van der Waals surface area (Å²) < 4.78 is 25.3. The van der Waals surface area contributed by atoms with Gasteiger partial charge in [0.25, 0.3) is 0 Å².